The number of hydrogen-bond acceptors (Lipinski definition) is 7. The molecule has 0 aliphatic rings. The summed E-state index contributed by atoms with van der Waals surface area (Å²) >= 11 is 6.29. The Hall–Kier alpha value is -3.82. The fraction of sp³-hybridized carbons (Fsp3) is 0.304. The van der Waals surface area contributed by atoms with Crippen molar-refractivity contribution in [1.82, 2.24) is 29.5 Å². The lowest BCUT2D eigenvalue weighted by molar-refractivity contribution is -0.141. The minimum Gasteiger partial charge on any atom is -0.378 e. The minimum atomic E-state index is -4.89. The fourth-order valence-electron chi connectivity index (χ4n) is 3.69. The van der Waals surface area contributed by atoms with Crippen LogP contribution in [0.3, 0.4) is 0 Å². The zero-order valence-corrected chi connectivity index (χ0v) is 20.8. The van der Waals surface area contributed by atoms with Gasteiger partial charge in [0.25, 0.3) is 12.3 Å². The molecule has 0 aliphatic carbocycles. The van der Waals surface area contributed by atoms with Gasteiger partial charge in [-0.05, 0) is 18.2 Å². The van der Waals surface area contributed by atoms with Gasteiger partial charge in [-0.15, -0.1) is 0 Å². The molecule has 0 bridgehead atoms. The standard InChI is InChI=1S/C23H22ClF5N8O2/c24-16-9-13(1-2-14(16)22(38)32-5-8-39-7-3-30)34-20-21-33-10-17(37(21)6-4-31-20)15-11-36(12-18(25)26)35-19(15)23(27,28)29/h1-2,4,6,9-11,18H,3,5,7-8,12,30H2,(H,31,34)(H,32,38). The van der Waals surface area contributed by atoms with Crippen LogP contribution >= 0.6 is 11.6 Å². The number of rotatable bonds is 11. The number of benzene rings is 1. The van der Waals surface area contributed by atoms with E-state index in [4.69, 9.17) is 22.1 Å². The smallest absolute Gasteiger partial charge is 0.378 e. The average Bonchev–Trinajstić information content (AvgIpc) is 3.48. The third-order valence-corrected chi connectivity index (χ3v) is 5.64. The molecule has 4 N–H and O–H groups in total. The van der Waals surface area contributed by atoms with Gasteiger partial charge in [-0.3, -0.25) is 13.9 Å². The molecule has 39 heavy (non-hydrogen) atoms. The van der Waals surface area contributed by atoms with Crippen LogP contribution in [0.4, 0.5) is 33.5 Å². The van der Waals surface area contributed by atoms with Crippen LogP contribution in [0.1, 0.15) is 16.1 Å². The summed E-state index contributed by atoms with van der Waals surface area (Å²) in [5.74, 6) is -0.239. The highest BCUT2D eigenvalue weighted by Crippen LogP contribution is 2.37. The Bertz CT molecular complexity index is 1460. The summed E-state index contributed by atoms with van der Waals surface area (Å²) in [4.78, 5) is 20.8. The number of alkyl halides is 5. The third kappa shape index (κ3) is 6.61. The molecule has 1 amide bonds. The van der Waals surface area contributed by atoms with Crippen LogP contribution in [0, 0.1) is 0 Å². The Balaban J connectivity index is 1.58. The molecule has 16 heteroatoms. The summed E-state index contributed by atoms with van der Waals surface area (Å²) < 4.78 is 73.6. The molecule has 0 atom stereocenters. The van der Waals surface area contributed by atoms with Crippen molar-refractivity contribution >= 4 is 34.7 Å². The van der Waals surface area contributed by atoms with E-state index in [0.717, 1.165) is 6.20 Å². The van der Waals surface area contributed by atoms with Crippen LogP contribution in [0.15, 0.2) is 43.0 Å². The van der Waals surface area contributed by atoms with E-state index in [1.54, 1.807) is 6.07 Å². The summed E-state index contributed by atoms with van der Waals surface area (Å²) in [7, 11) is 0. The molecule has 0 saturated carbocycles. The number of fused-ring (bicyclic) bond motifs is 1. The van der Waals surface area contributed by atoms with Gasteiger partial charge >= 0.3 is 6.18 Å². The Morgan fingerprint density at radius 1 is 1.21 bits per heavy atom. The van der Waals surface area contributed by atoms with Crippen molar-refractivity contribution in [2.45, 2.75) is 19.1 Å². The van der Waals surface area contributed by atoms with Crippen LogP contribution in [0.2, 0.25) is 5.02 Å². The van der Waals surface area contributed by atoms with Gasteiger partial charge in [-0.25, -0.2) is 18.7 Å². The molecule has 0 saturated heterocycles. The highest BCUT2D eigenvalue weighted by molar-refractivity contribution is 6.34. The number of aromatic nitrogens is 5. The third-order valence-electron chi connectivity index (χ3n) is 5.33. The number of ether oxygens (including phenoxy) is 1. The molecule has 0 fully saturated rings. The zero-order chi connectivity index (χ0) is 28.2. The number of halogens is 6. The second-order valence-corrected chi connectivity index (χ2v) is 8.50. The minimum absolute atomic E-state index is 0.0243. The number of nitrogens with zero attached hydrogens (tertiary/aromatic N) is 5. The first-order valence-corrected chi connectivity index (χ1v) is 11.8. The maximum atomic E-state index is 13.6. The molecule has 1 aromatic carbocycles. The second kappa shape index (κ2) is 11.9. The maximum absolute atomic E-state index is 13.6. The van der Waals surface area contributed by atoms with Crippen molar-refractivity contribution < 1.29 is 31.5 Å². The molecule has 0 spiro atoms. The monoisotopic (exact) mass is 572 g/mol. The van der Waals surface area contributed by atoms with E-state index in [2.05, 4.69) is 25.7 Å². The number of hydrogen-bond donors (Lipinski definition) is 3. The first-order valence-electron chi connectivity index (χ1n) is 11.5. The van der Waals surface area contributed by atoms with Crippen LogP contribution < -0.4 is 16.4 Å². The molecule has 3 heterocycles. The normalized spacial score (nSPS) is 11.9. The first kappa shape index (κ1) is 28.2. The molecule has 0 aliphatic heterocycles. The number of imidazole rings is 1. The van der Waals surface area contributed by atoms with Crippen LogP contribution in [-0.2, 0) is 17.5 Å². The van der Waals surface area contributed by atoms with Crippen LogP contribution in [0.25, 0.3) is 16.9 Å². The van der Waals surface area contributed by atoms with E-state index in [1.807, 2.05) is 0 Å². The number of nitrogens with two attached hydrogens (primary N) is 1. The molecule has 10 nitrogen and oxygen atoms in total. The molecular weight excluding hydrogens is 551 g/mol. The predicted molar refractivity (Wildman–Crippen MR) is 132 cm³/mol. The van der Waals surface area contributed by atoms with Gasteiger partial charge in [0.2, 0.25) is 0 Å². The Morgan fingerprint density at radius 2 is 2.00 bits per heavy atom. The van der Waals surface area contributed by atoms with Crippen LogP contribution in [0.5, 0.6) is 0 Å². The summed E-state index contributed by atoms with van der Waals surface area (Å²) in [6, 6.07) is 4.54. The van der Waals surface area contributed by atoms with Crippen molar-refractivity contribution in [2.75, 3.05) is 31.6 Å². The summed E-state index contributed by atoms with van der Waals surface area (Å²) in [6.07, 6.45) is -3.00. The summed E-state index contributed by atoms with van der Waals surface area (Å²) in [6.45, 7) is 0.310. The predicted octanol–water partition coefficient (Wildman–Crippen LogP) is 3.98. The van der Waals surface area contributed by atoms with Crippen LogP contribution in [-0.4, -0.2) is 62.8 Å². The summed E-state index contributed by atoms with van der Waals surface area (Å²) in [5.41, 5.74) is 4.37. The van der Waals surface area contributed by atoms with Gasteiger partial charge in [0.05, 0.1) is 41.3 Å². The Morgan fingerprint density at radius 3 is 2.69 bits per heavy atom. The van der Waals surface area contributed by atoms with Gasteiger partial charge in [-0.2, -0.15) is 18.3 Å². The van der Waals surface area contributed by atoms with Gasteiger partial charge in [0.1, 0.15) is 6.54 Å². The largest absolute Gasteiger partial charge is 0.435 e. The van der Waals surface area contributed by atoms with E-state index in [-0.39, 0.29) is 34.3 Å². The van der Waals surface area contributed by atoms with E-state index in [0.29, 0.717) is 30.1 Å². The Kier molecular flexibility index (Phi) is 8.62. The Labute approximate surface area is 222 Å². The number of anilines is 2. The van der Waals surface area contributed by atoms with Crippen molar-refractivity contribution in [3.05, 3.63) is 59.3 Å². The van der Waals surface area contributed by atoms with Gasteiger partial charge in [0.15, 0.2) is 17.2 Å². The zero-order valence-electron chi connectivity index (χ0n) is 20.1. The van der Waals surface area contributed by atoms with E-state index < -0.39 is 36.3 Å². The highest BCUT2D eigenvalue weighted by atomic mass is 35.5. The molecule has 4 rings (SSSR count). The second-order valence-electron chi connectivity index (χ2n) is 8.09. The number of carbonyl (C=O) groups excluding carboxylic acids is 1. The molecule has 0 unspecified atom stereocenters. The fourth-order valence-corrected chi connectivity index (χ4v) is 3.96. The van der Waals surface area contributed by atoms with Gasteiger partial charge in [-0.1, -0.05) is 11.6 Å². The molecule has 208 valence electrons. The summed E-state index contributed by atoms with van der Waals surface area (Å²) in [5, 5.41) is 9.11. The van der Waals surface area contributed by atoms with Crippen molar-refractivity contribution in [3.8, 4) is 11.3 Å². The number of carbonyl (C=O) groups is 1. The van der Waals surface area contributed by atoms with E-state index in [9.17, 15) is 26.7 Å². The van der Waals surface area contributed by atoms with Gasteiger partial charge in [0, 0.05) is 37.4 Å². The lowest BCUT2D eigenvalue weighted by Gasteiger charge is -2.11. The number of amides is 1. The first-order chi connectivity index (χ1) is 18.6. The lowest BCUT2D eigenvalue weighted by Crippen LogP contribution is -2.28. The lowest BCUT2D eigenvalue weighted by atomic mass is 10.2. The number of nitrogens with one attached hydrogen (secondary N) is 2. The van der Waals surface area contributed by atoms with Crippen molar-refractivity contribution in [3.63, 3.8) is 0 Å². The SMILES string of the molecule is NCCOCCNC(=O)c1ccc(Nc2nccn3c(-c4cn(CC(F)F)nc4C(F)(F)F)cnc23)cc1Cl. The molecule has 4 aromatic rings. The highest BCUT2D eigenvalue weighted by Gasteiger charge is 2.38. The quantitative estimate of drug-likeness (QED) is 0.183. The average molecular weight is 573 g/mol. The topological polar surface area (TPSA) is 124 Å². The molecule has 0 radical (unpaired) electrons. The van der Waals surface area contributed by atoms with Crippen molar-refractivity contribution in [2.24, 2.45) is 5.73 Å². The molecular formula is C23H22ClF5N8O2. The van der Waals surface area contributed by atoms with Gasteiger partial charge < -0.3 is 21.1 Å². The van der Waals surface area contributed by atoms with E-state index in [1.165, 1.54) is 35.1 Å². The van der Waals surface area contributed by atoms with Crippen molar-refractivity contribution in [1.29, 1.82) is 0 Å². The van der Waals surface area contributed by atoms with E-state index >= 15 is 0 Å². The molecule has 3 aromatic heterocycles. The maximum Gasteiger partial charge on any atom is 0.435 e.